The molecule has 4 heteroatoms. The molecule has 2 fully saturated rings. The van der Waals surface area contributed by atoms with Crippen LogP contribution in [-0.2, 0) is 11.2 Å². The van der Waals surface area contributed by atoms with E-state index < -0.39 is 0 Å². The van der Waals surface area contributed by atoms with Crippen LogP contribution in [0.2, 0.25) is 0 Å². The number of amides is 1. The van der Waals surface area contributed by atoms with Gasteiger partial charge in [0.05, 0.1) is 18.1 Å². The normalized spacial score (nSPS) is 25.1. The summed E-state index contributed by atoms with van der Waals surface area (Å²) in [5.41, 5.74) is 1.59. The summed E-state index contributed by atoms with van der Waals surface area (Å²) in [6.07, 6.45) is 3.94. The van der Waals surface area contributed by atoms with Gasteiger partial charge in [0.15, 0.2) is 0 Å². The quantitative estimate of drug-likeness (QED) is 0.903. The minimum absolute atomic E-state index is 0.0912. The highest BCUT2D eigenvalue weighted by atomic mass is 16.1. The minimum Gasteiger partial charge on any atom is -0.351 e. The molecule has 0 bridgehead atoms. The van der Waals surface area contributed by atoms with Crippen molar-refractivity contribution in [2.24, 2.45) is 0 Å². The third kappa shape index (κ3) is 2.68. The van der Waals surface area contributed by atoms with E-state index in [2.05, 4.69) is 16.3 Å². The van der Waals surface area contributed by atoms with Crippen molar-refractivity contribution in [1.82, 2.24) is 10.2 Å². The molecule has 2 atom stereocenters. The molecule has 20 heavy (non-hydrogen) atoms. The van der Waals surface area contributed by atoms with Gasteiger partial charge in [-0.2, -0.15) is 5.26 Å². The van der Waals surface area contributed by atoms with E-state index in [0.29, 0.717) is 24.1 Å². The van der Waals surface area contributed by atoms with Crippen LogP contribution in [0.4, 0.5) is 0 Å². The van der Waals surface area contributed by atoms with Crippen LogP contribution in [0.1, 0.15) is 30.4 Å². The Balaban J connectivity index is 1.55. The fourth-order valence-corrected chi connectivity index (χ4v) is 3.39. The summed E-state index contributed by atoms with van der Waals surface area (Å²) in [6, 6.07) is 10.2. The SMILES string of the molecule is N#Cc1ccc(CC(=O)NC2CCN3CCCC23)cc1. The van der Waals surface area contributed by atoms with Gasteiger partial charge in [0.25, 0.3) is 0 Å². The molecule has 0 aromatic heterocycles. The van der Waals surface area contributed by atoms with Crippen LogP contribution in [0, 0.1) is 11.3 Å². The summed E-state index contributed by atoms with van der Waals surface area (Å²) in [7, 11) is 0. The van der Waals surface area contributed by atoms with Crippen molar-refractivity contribution in [2.75, 3.05) is 13.1 Å². The molecule has 2 aliphatic rings. The second-order valence-corrected chi connectivity index (χ2v) is 5.69. The Labute approximate surface area is 119 Å². The molecule has 0 radical (unpaired) electrons. The Morgan fingerprint density at radius 1 is 1.30 bits per heavy atom. The van der Waals surface area contributed by atoms with Gasteiger partial charge in [0.2, 0.25) is 5.91 Å². The first-order chi connectivity index (χ1) is 9.76. The highest BCUT2D eigenvalue weighted by Gasteiger charge is 2.37. The van der Waals surface area contributed by atoms with Gasteiger partial charge >= 0.3 is 0 Å². The van der Waals surface area contributed by atoms with Gasteiger partial charge in [0, 0.05) is 18.6 Å². The summed E-state index contributed by atoms with van der Waals surface area (Å²) in [6.45, 7) is 2.30. The molecule has 1 aromatic rings. The van der Waals surface area contributed by atoms with Gasteiger partial charge in [-0.15, -0.1) is 0 Å². The first kappa shape index (κ1) is 13.1. The zero-order valence-corrected chi connectivity index (χ0v) is 11.5. The maximum atomic E-state index is 12.1. The van der Waals surface area contributed by atoms with E-state index in [1.54, 1.807) is 12.1 Å². The van der Waals surface area contributed by atoms with E-state index in [-0.39, 0.29) is 5.91 Å². The first-order valence-electron chi connectivity index (χ1n) is 7.29. The average Bonchev–Trinajstić information content (AvgIpc) is 3.05. The molecule has 1 N–H and O–H groups in total. The van der Waals surface area contributed by atoms with Crippen molar-refractivity contribution >= 4 is 5.91 Å². The molecule has 4 nitrogen and oxygen atoms in total. The van der Waals surface area contributed by atoms with Crippen LogP contribution >= 0.6 is 0 Å². The van der Waals surface area contributed by atoms with Gasteiger partial charge < -0.3 is 5.32 Å². The Morgan fingerprint density at radius 3 is 2.85 bits per heavy atom. The monoisotopic (exact) mass is 269 g/mol. The van der Waals surface area contributed by atoms with E-state index in [1.165, 1.54) is 19.4 Å². The lowest BCUT2D eigenvalue weighted by atomic mass is 10.1. The maximum Gasteiger partial charge on any atom is 0.224 e. The molecule has 2 unspecified atom stereocenters. The Hall–Kier alpha value is -1.86. The highest BCUT2D eigenvalue weighted by Crippen LogP contribution is 2.27. The smallest absolute Gasteiger partial charge is 0.224 e. The van der Waals surface area contributed by atoms with Crippen molar-refractivity contribution < 1.29 is 4.79 Å². The van der Waals surface area contributed by atoms with E-state index in [4.69, 9.17) is 5.26 Å². The van der Waals surface area contributed by atoms with Crippen LogP contribution in [0.5, 0.6) is 0 Å². The van der Waals surface area contributed by atoms with Gasteiger partial charge in [-0.3, -0.25) is 9.69 Å². The van der Waals surface area contributed by atoms with Gasteiger partial charge in [-0.1, -0.05) is 12.1 Å². The van der Waals surface area contributed by atoms with Crippen molar-refractivity contribution in [3.63, 3.8) is 0 Å². The number of carbonyl (C=O) groups is 1. The van der Waals surface area contributed by atoms with Gasteiger partial charge in [0.1, 0.15) is 0 Å². The number of hydrogen-bond donors (Lipinski definition) is 1. The maximum absolute atomic E-state index is 12.1. The molecular weight excluding hydrogens is 250 g/mol. The molecule has 2 heterocycles. The first-order valence-corrected chi connectivity index (χ1v) is 7.29. The second-order valence-electron chi connectivity index (χ2n) is 5.69. The zero-order chi connectivity index (χ0) is 13.9. The summed E-state index contributed by atoms with van der Waals surface area (Å²) in [5.74, 6) is 0.0912. The molecule has 104 valence electrons. The third-order valence-electron chi connectivity index (χ3n) is 4.40. The summed E-state index contributed by atoms with van der Waals surface area (Å²) >= 11 is 0. The fraction of sp³-hybridized carbons (Fsp3) is 0.500. The van der Waals surface area contributed by atoms with Crippen molar-refractivity contribution in [2.45, 2.75) is 37.8 Å². The molecule has 0 spiro atoms. The lowest BCUT2D eigenvalue weighted by molar-refractivity contribution is -0.121. The predicted octanol–water partition coefficient (Wildman–Crippen LogP) is 1.45. The standard InChI is InChI=1S/C16H19N3O/c17-11-13-5-3-12(4-6-13)10-16(20)18-14-7-9-19-8-1-2-15(14)19/h3-6,14-15H,1-2,7-10H2,(H,18,20). The van der Waals surface area contributed by atoms with Gasteiger partial charge in [-0.25, -0.2) is 0 Å². The number of fused-ring (bicyclic) bond motifs is 1. The number of nitriles is 1. The molecule has 0 aliphatic carbocycles. The molecule has 0 saturated carbocycles. The Kier molecular flexibility index (Phi) is 3.70. The van der Waals surface area contributed by atoms with Crippen LogP contribution < -0.4 is 5.32 Å². The van der Waals surface area contributed by atoms with Crippen LogP contribution in [0.3, 0.4) is 0 Å². The summed E-state index contributed by atoms with van der Waals surface area (Å²) < 4.78 is 0. The van der Waals surface area contributed by atoms with E-state index >= 15 is 0 Å². The number of nitrogens with one attached hydrogen (secondary N) is 1. The fourth-order valence-electron chi connectivity index (χ4n) is 3.39. The minimum atomic E-state index is 0.0912. The summed E-state index contributed by atoms with van der Waals surface area (Å²) in [4.78, 5) is 14.6. The van der Waals surface area contributed by atoms with Crippen LogP contribution in [0.25, 0.3) is 0 Å². The Morgan fingerprint density at radius 2 is 2.10 bits per heavy atom. The van der Waals surface area contributed by atoms with Gasteiger partial charge in [-0.05, 0) is 43.5 Å². The number of carbonyl (C=O) groups excluding carboxylic acids is 1. The second kappa shape index (κ2) is 5.64. The van der Waals surface area contributed by atoms with Crippen molar-refractivity contribution in [3.05, 3.63) is 35.4 Å². The lowest BCUT2D eigenvalue weighted by Crippen LogP contribution is -2.42. The molecule has 2 aliphatic heterocycles. The molecular formula is C16H19N3O. The third-order valence-corrected chi connectivity index (χ3v) is 4.40. The predicted molar refractivity (Wildman–Crippen MR) is 76.0 cm³/mol. The van der Waals surface area contributed by atoms with E-state index in [0.717, 1.165) is 18.5 Å². The van der Waals surface area contributed by atoms with Crippen LogP contribution in [0.15, 0.2) is 24.3 Å². The molecule has 1 aromatic carbocycles. The molecule has 3 rings (SSSR count). The van der Waals surface area contributed by atoms with Crippen molar-refractivity contribution in [3.8, 4) is 6.07 Å². The number of nitrogens with zero attached hydrogens (tertiary/aromatic N) is 2. The number of hydrogen-bond acceptors (Lipinski definition) is 3. The van der Waals surface area contributed by atoms with Crippen LogP contribution in [-0.4, -0.2) is 36.0 Å². The molecule has 2 saturated heterocycles. The van der Waals surface area contributed by atoms with E-state index in [1.807, 2.05) is 12.1 Å². The van der Waals surface area contributed by atoms with Crippen molar-refractivity contribution in [1.29, 1.82) is 5.26 Å². The highest BCUT2D eigenvalue weighted by molar-refractivity contribution is 5.79. The zero-order valence-electron chi connectivity index (χ0n) is 11.5. The molecule has 1 amide bonds. The Bertz CT molecular complexity index is 532. The average molecular weight is 269 g/mol. The lowest BCUT2D eigenvalue weighted by Gasteiger charge is -2.21. The number of rotatable bonds is 3. The summed E-state index contributed by atoms with van der Waals surface area (Å²) in [5, 5.41) is 11.9. The van der Waals surface area contributed by atoms with E-state index in [9.17, 15) is 4.79 Å². The topological polar surface area (TPSA) is 56.1 Å². The number of benzene rings is 1. The largest absolute Gasteiger partial charge is 0.351 e.